The van der Waals surface area contributed by atoms with Crippen LogP contribution in [0.15, 0.2) is 46.2 Å². The molecule has 31 heavy (non-hydrogen) atoms. The average Bonchev–Trinajstić information content (AvgIpc) is 3.43. The second-order valence-electron chi connectivity index (χ2n) is 7.64. The van der Waals surface area contributed by atoms with Gasteiger partial charge in [0.2, 0.25) is 18.0 Å². The van der Waals surface area contributed by atoms with Gasteiger partial charge < -0.3 is 16.0 Å². The lowest BCUT2D eigenvalue weighted by Gasteiger charge is -2.13. The molecule has 5 rings (SSSR count). The molecule has 1 aromatic carbocycles. The maximum atomic E-state index is 13.1. The van der Waals surface area contributed by atoms with E-state index < -0.39 is 0 Å². The number of hydrogen-bond donors (Lipinski definition) is 2. The number of anilines is 2. The van der Waals surface area contributed by atoms with Gasteiger partial charge in [-0.05, 0) is 31.4 Å². The zero-order valence-electron chi connectivity index (χ0n) is 16.7. The normalized spacial score (nSPS) is 13.7. The molecule has 0 amide bonds. The summed E-state index contributed by atoms with van der Waals surface area (Å²) in [4.78, 5) is 22.1. The summed E-state index contributed by atoms with van der Waals surface area (Å²) in [5, 5.41) is 4.84. The first kappa shape index (κ1) is 19.5. The van der Waals surface area contributed by atoms with E-state index in [1.165, 1.54) is 6.26 Å². The smallest absolute Gasteiger partial charge is 0.263 e. The van der Waals surface area contributed by atoms with E-state index in [4.69, 9.17) is 32.6 Å². The third-order valence-electron chi connectivity index (χ3n) is 5.52. The fourth-order valence-electron chi connectivity index (χ4n) is 3.86. The fraction of sp³-hybridized carbons (Fsp3) is 0.286. The quantitative estimate of drug-likeness (QED) is 0.442. The Morgan fingerprint density at radius 1 is 1.26 bits per heavy atom. The van der Waals surface area contributed by atoms with Crippen molar-refractivity contribution in [2.75, 3.05) is 11.5 Å². The largest absolute Gasteiger partial charge is 0.369 e. The van der Waals surface area contributed by atoms with E-state index in [-0.39, 0.29) is 11.6 Å². The van der Waals surface area contributed by atoms with Crippen molar-refractivity contribution < 1.29 is 9.09 Å². The Hall–Kier alpha value is -3.46. The lowest BCUT2D eigenvalue weighted by Crippen LogP contribution is -2.39. The summed E-state index contributed by atoms with van der Waals surface area (Å²) in [5.41, 5.74) is 14.0. The van der Waals surface area contributed by atoms with Crippen LogP contribution < -0.4 is 21.6 Å². The molecule has 1 aliphatic rings. The van der Waals surface area contributed by atoms with Gasteiger partial charge in [0, 0.05) is 18.5 Å². The Morgan fingerprint density at radius 3 is 2.84 bits per heavy atom. The topological polar surface area (TPSA) is 130 Å². The maximum absolute atomic E-state index is 13.1. The van der Waals surface area contributed by atoms with Crippen LogP contribution in [0.4, 0.5) is 11.6 Å². The zero-order chi connectivity index (χ0) is 21.5. The van der Waals surface area contributed by atoms with Gasteiger partial charge in [-0.2, -0.15) is 0 Å². The van der Waals surface area contributed by atoms with E-state index in [9.17, 15) is 4.79 Å². The lowest BCUT2D eigenvalue weighted by molar-refractivity contribution is -0.685. The number of aryl methyl sites for hydroxylation is 2. The molecule has 0 radical (unpaired) electrons. The lowest BCUT2D eigenvalue weighted by atomic mass is 10.2. The molecule has 10 heteroatoms. The number of hydrogen-bond acceptors (Lipinski definition) is 7. The number of rotatable bonds is 6. The van der Waals surface area contributed by atoms with Crippen molar-refractivity contribution in [1.29, 1.82) is 0 Å². The van der Waals surface area contributed by atoms with E-state index in [0.717, 1.165) is 18.7 Å². The number of halogens is 1. The van der Waals surface area contributed by atoms with Crippen LogP contribution >= 0.6 is 11.6 Å². The standard InChI is InChI=1S/C21H20ClN7O2/c22-13-3-1-4-14-17(13)21(30)29(12-6-7-12)16(26-14)5-2-9-28-11-25-19(23)18(20(28)24)15-8-10-31-27-15/h1,3-4,8,10-12H,2,5-7,9H2,(H3,23,24,27)/p+1. The van der Waals surface area contributed by atoms with E-state index >= 15 is 0 Å². The third-order valence-corrected chi connectivity index (χ3v) is 5.83. The highest BCUT2D eigenvalue weighted by molar-refractivity contribution is 6.35. The van der Waals surface area contributed by atoms with E-state index in [2.05, 4.69) is 10.1 Å². The molecular weight excluding hydrogens is 418 g/mol. The monoisotopic (exact) mass is 438 g/mol. The average molecular weight is 439 g/mol. The first-order chi connectivity index (χ1) is 15.0. The molecule has 0 bridgehead atoms. The molecule has 158 valence electrons. The number of aromatic nitrogens is 5. The van der Waals surface area contributed by atoms with Gasteiger partial charge in [-0.3, -0.25) is 9.36 Å². The number of nitrogens with zero attached hydrogens (tertiary/aromatic N) is 5. The minimum Gasteiger partial charge on any atom is -0.369 e. The van der Waals surface area contributed by atoms with Crippen LogP contribution in [0.25, 0.3) is 22.2 Å². The Kier molecular flexibility index (Phi) is 4.82. The number of nitrogen functional groups attached to an aromatic ring is 2. The molecule has 3 heterocycles. The minimum atomic E-state index is -0.0669. The van der Waals surface area contributed by atoms with Crippen molar-refractivity contribution in [2.45, 2.75) is 38.3 Å². The van der Waals surface area contributed by atoms with Crippen molar-refractivity contribution in [3.05, 3.63) is 58.1 Å². The summed E-state index contributed by atoms with van der Waals surface area (Å²) in [6.45, 7) is 0.581. The summed E-state index contributed by atoms with van der Waals surface area (Å²) in [5.74, 6) is 1.51. The van der Waals surface area contributed by atoms with Crippen molar-refractivity contribution in [2.24, 2.45) is 0 Å². The summed E-state index contributed by atoms with van der Waals surface area (Å²) < 4.78 is 8.53. The van der Waals surface area contributed by atoms with Gasteiger partial charge >= 0.3 is 0 Å². The summed E-state index contributed by atoms with van der Waals surface area (Å²) in [7, 11) is 0. The molecule has 4 N–H and O–H groups in total. The molecule has 4 aromatic rings. The SMILES string of the molecule is Nc1nc[n+](CCCc2nc3cccc(Cl)c3c(=O)n2C2CC2)c(N)c1-c1ccon1. The van der Waals surface area contributed by atoms with Crippen LogP contribution in [0, 0.1) is 0 Å². The summed E-state index contributed by atoms with van der Waals surface area (Å²) in [6, 6.07) is 7.25. The first-order valence-corrected chi connectivity index (χ1v) is 10.5. The van der Waals surface area contributed by atoms with Crippen LogP contribution in [0.5, 0.6) is 0 Å². The molecule has 1 aliphatic carbocycles. The van der Waals surface area contributed by atoms with Crippen molar-refractivity contribution in [3.63, 3.8) is 0 Å². The Morgan fingerprint density at radius 2 is 2.10 bits per heavy atom. The molecule has 0 unspecified atom stereocenters. The highest BCUT2D eigenvalue weighted by Crippen LogP contribution is 2.35. The van der Waals surface area contributed by atoms with Crippen molar-refractivity contribution in [1.82, 2.24) is 19.7 Å². The fourth-order valence-corrected chi connectivity index (χ4v) is 4.11. The second-order valence-corrected chi connectivity index (χ2v) is 8.05. The Bertz CT molecular complexity index is 1330. The zero-order valence-corrected chi connectivity index (χ0v) is 17.4. The van der Waals surface area contributed by atoms with Crippen molar-refractivity contribution >= 4 is 34.1 Å². The van der Waals surface area contributed by atoms with E-state index in [0.29, 0.717) is 58.2 Å². The Labute approximate surface area is 182 Å². The van der Waals surface area contributed by atoms with Gasteiger partial charge in [0.15, 0.2) is 0 Å². The van der Waals surface area contributed by atoms with Crippen molar-refractivity contribution in [3.8, 4) is 11.3 Å². The summed E-state index contributed by atoms with van der Waals surface area (Å²) in [6.07, 6.45) is 6.36. The Balaban J connectivity index is 1.43. The molecule has 0 atom stereocenters. The number of nitrogens with two attached hydrogens (primary N) is 2. The number of fused-ring (bicyclic) bond motifs is 1. The molecule has 0 spiro atoms. The molecule has 3 aromatic heterocycles. The molecule has 1 fully saturated rings. The van der Waals surface area contributed by atoms with Gasteiger partial charge in [-0.25, -0.2) is 9.55 Å². The van der Waals surface area contributed by atoms with Gasteiger partial charge in [0.05, 0.1) is 22.5 Å². The van der Waals surface area contributed by atoms with Gasteiger partial charge in [0.1, 0.15) is 23.3 Å². The molecular formula is C21H21ClN7O2+. The molecule has 0 saturated heterocycles. The summed E-state index contributed by atoms with van der Waals surface area (Å²) >= 11 is 6.28. The van der Waals surface area contributed by atoms with Crippen LogP contribution in [-0.2, 0) is 13.0 Å². The maximum Gasteiger partial charge on any atom is 0.263 e. The van der Waals surface area contributed by atoms with Crippen LogP contribution in [-0.4, -0.2) is 19.7 Å². The molecule has 0 aliphatic heterocycles. The van der Waals surface area contributed by atoms with E-state index in [1.54, 1.807) is 18.5 Å². The highest BCUT2D eigenvalue weighted by atomic mass is 35.5. The van der Waals surface area contributed by atoms with Crippen LogP contribution in [0.3, 0.4) is 0 Å². The number of benzene rings is 1. The predicted molar refractivity (Wildman–Crippen MR) is 116 cm³/mol. The molecule has 9 nitrogen and oxygen atoms in total. The highest BCUT2D eigenvalue weighted by Gasteiger charge is 2.29. The molecule has 1 saturated carbocycles. The second kappa shape index (κ2) is 7.66. The van der Waals surface area contributed by atoms with Crippen LogP contribution in [0.1, 0.15) is 31.1 Å². The van der Waals surface area contributed by atoms with E-state index in [1.807, 2.05) is 21.3 Å². The first-order valence-electron chi connectivity index (χ1n) is 10.1. The van der Waals surface area contributed by atoms with Gasteiger partial charge in [0.25, 0.3) is 5.56 Å². The minimum absolute atomic E-state index is 0.0669. The predicted octanol–water partition coefficient (Wildman–Crippen LogP) is 2.52. The van der Waals surface area contributed by atoms with Gasteiger partial charge in [-0.1, -0.05) is 27.8 Å². The van der Waals surface area contributed by atoms with Gasteiger partial charge in [-0.15, -0.1) is 0 Å². The third kappa shape index (κ3) is 3.50. The van der Waals surface area contributed by atoms with Crippen LogP contribution in [0.2, 0.25) is 5.02 Å².